The first-order valence-corrected chi connectivity index (χ1v) is 13.3. The van der Waals surface area contributed by atoms with Crippen LogP contribution < -0.4 is 20.7 Å². The molecule has 0 unspecified atom stereocenters. The first-order valence-electron chi connectivity index (χ1n) is 13.3. The van der Waals surface area contributed by atoms with Crippen molar-refractivity contribution in [1.29, 1.82) is 0 Å². The van der Waals surface area contributed by atoms with Gasteiger partial charge in [-0.25, -0.2) is 0 Å². The molecule has 0 heterocycles. The molecule has 1 atom stereocenters. The molecule has 8 heteroatoms. The van der Waals surface area contributed by atoms with Crippen LogP contribution in [0.15, 0.2) is 115 Å². The number of phenolic OH excluding ortho intramolecular Hbond substituents is 1. The summed E-state index contributed by atoms with van der Waals surface area (Å²) in [6.07, 6.45) is 0.170. The molecule has 0 aromatic heterocycles. The van der Waals surface area contributed by atoms with E-state index in [2.05, 4.69) is 16.0 Å². The number of fused-ring (bicyclic) bond motifs is 1. The van der Waals surface area contributed by atoms with E-state index in [1.54, 1.807) is 67.8 Å². The fourth-order valence-electron chi connectivity index (χ4n) is 4.59. The molecule has 5 aromatic rings. The number of hydrogen-bond donors (Lipinski definition) is 4. The molecule has 8 nitrogen and oxygen atoms in total. The minimum Gasteiger partial charge on any atom is -0.508 e. The van der Waals surface area contributed by atoms with Crippen LogP contribution in [0.5, 0.6) is 11.5 Å². The van der Waals surface area contributed by atoms with Gasteiger partial charge in [0, 0.05) is 23.1 Å². The summed E-state index contributed by atoms with van der Waals surface area (Å²) in [5, 5.41) is 20.2. The summed E-state index contributed by atoms with van der Waals surface area (Å²) in [5.41, 5.74) is 2.26. The van der Waals surface area contributed by atoms with Crippen molar-refractivity contribution in [3.05, 3.63) is 132 Å². The molecule has 210 valence electrons. The molecular formula is C34H29N3O5. The second kappa shape index (κ2) is 12.7. The van der Waals surface area contributed by atoms with E-state index in [0.717, 1.165) is 16.3 Å². The van der Waals surface area contributed by atoms with Crippen LogP contribution in [-0.2, 0) is 11.2 Å². The summed E-state index contributed by atoms with van der Waals surface area (Å²) in [6.45, 7) is 0. The van der Waals surface area contributed by atoms with Crippen molar-refractivity contribution in [2.45, 2.75) is 12.5 Å². The van der Waals surface area contributed by atoms with Crippen LogP contribution in [0, 0.1) is 0 Å². The number of carbonyl (C=O) groups excluding carboxylic acids is 3. The van der Waals surface area contributed by atoms with Crippen molar-refractivity contribution in [1.82, 2.24) is 5.32 Å². The molecule has 0 fully saturated rings. The molecular weight excluding hydrogens is 530 g/mol. The van der Waals surface area contributed by atoms with Crippen LogP contribution in [0.1, 0.15) is 26.3 Å². The first kappa shape index (κ1) is 27.9. The van der Waals surface area contributed by atoms with Gasteiger partial charge in [-0.1, -0.05) is 60.7 Å². The van der Waals surface area contributed by atoms with Crippen molar-refractivity contribution >= 4 is 39.9 Å². The van der Waals surface area contributed by atoms with Crippen LogP contribution >= 0.6 is 0 Å². The van der Waals surface area contributed by atoms with Gasteiger partial charge >= 0.3 is 0 Å². The number of methoxy groups -OCH3 is 1. The maximum absolute atomic E-state index is 13.6. The van der Waals surface area contributed by atoms with Gasteiger partial charge in [-0.2, -0.15) is 0 Å². The lowest BCUT2D eigenvalue weighted by molar-refractivity contribution is -0.118. The van der Waals surface area contributed by atoms with Crippen molar-refractivity contribution in [2.24, 2.45) is 0 Å². The molecule has 0 aliphatic rings. The van der Waals surface area contributed by atoms with Crippen LogP contribution in [0.2, 0.25) is 0 Å². The maximum Gasteiger partial charge on any atom is 0.255 e. The SMILES string of the molecule is COc1ccc(C(=O)Nc2ccccc2C(=O)N[C@@H](Cc2ccc(O)cc2)C(=O)Nc2cccc3ccccc23)cc1. The summed E-state index contributed by atoms with van der Waals surface area (Å²) in [7, 11) is 1.54. The van der Waals surface area contributed by atoms with Crippen molar-refractivity contribution in [2.75, 3.05) is 17.7 Å². The third kappa shape index (κ3) is 6.56. The fraction of sp³-hybridized carbons (Fsp3) is 0.0882. The Morgan fingerprint density at radius 2 is 1.38 bits per heavy atom. The maximum atomic E-state index is 13.6. The zero-order valence-electron chi connectivity index (χ0n) is 22.8. The number of amides is 3. The second-order valence-electron chi connectivity index (χ2n) is 9.64. The van der Waals surface area contributed by atoms with Gasteiger partial charge in [-0.15, -0.1) is 0 Å². The lowest BCUT2D eigenvalue weighted by Crippen LogP contribution is -2.45. The Kier molecular flexibility index (Phi) is 8.44. The molecule has 0 saturated carbocycles. The molecule has 0 aliphatic heterocycles. The molecule has 5 aromatic carbocycles. The average Bonchev–Trinajstić information content (AvgIpc) is 3.02. The molecule has 42 heavy (non-hydrogen) atoms. The van der Waals surface area contributed by atoms with E-state index in [-0.39, 0.29) is 17.7 Å². The second-order valence-corrected chi connectivity index (χ2v) is 9.64. The largest absolute Gasteiger partial charge is 0.508 e. The van der Waals surface area contributed by atoms with Gasteiger partial charge in [-0.3, -0.25) is 14.4 Å². The highest BCUT2D eigenvalue weighted by molar-refractivity contribution is 6.10. The highest BCUT2D eigenvalue weighted by Gasteiger charge is 2.24. The highest BCUT2D eigenvalue weighted by Crippen LogP contribution is 2.24. The summed E-state index contributed by atoms with van der Waals surface area (Å²) < 4.78 is 5.15. The zero-order valence-corrected chi connectivity index (χ0v) is 22.8. The standard InChI is InChI=1S/C34H29N3O5/c1-42-26-19-15-24(16-20-26)32(39)35-30-11-5-4-10-28(30)33(40)37-31(21-22-13-17-25(38)18-14-22)34(41)36-29-12-6-8-23-7-2-3-9-27(23)29/h2-20,31,38H,21H2,1H3,(H,35,39)(H,36,41)(H,37,40)/t31-/m0/s1. The van der Waals surface area contributed by atoms with Gasteiger partial charge in [0.25, 0.3) is 11.8 Å². The minimum absolute atomic E-state index is 0.0982. The summed E-state index contributed by atoms with van der Waals surface area (Å²) >= 11 is 0. The number of ether oxygens (including phenoxy) is 1. The lowest BCUT2D eigenvalue weighted by atomic mass is 10.0. The zero-order chi connectivity index (χ0) is 29.5. The third-order valence-electron chi connectivity index (χ3n) is 6.82. The van der Waals surface area contributed by atoms with E-state index in [0.29, 0.717) is 22.7 Å². The Balaban J connectivity index is 1.39. The van der Waals surface area contributed by atoms with Gasteiger partial charge in [0.15, 0.2) is 0 Å². The Bertz CT molecular complexity index is 1730. The van der Waals surface area contributed by atoms with E-state index >= 15 is 0 Å². The van der Waals surface area contributed by atoms with Gasteiger partial charge in [-0.05, 0) is 65.5 Å². The monoisotopic (exact) mass is 559 g/mol. The summed E-state index contributed by atoms with van der Waals surface area (Å²) in [4.78, 5) is 40.2. The Morgan fingerprint density at radius 1 is 0.714 bits per heavy atom. The van der Waals surface area contributed by atoms with E-state index in [9.17, 15) is 19.5 Å². The van der Waals surface area contributed by atoms with E-state index in [1.165, 1.54) is 12.1 Å². The third-order valence-corrected chi connectivity index (χ3v) is 6.82. The van der Waals surface area contributed by atoms with Gasteiger partial charge in [0.05, 0.1) is 18.4 Å². The molecule has 0 spiro atoms. The number of nitrogens with one attached hydrogen (secondary N) is 3. The number of benzene rings is 5. The fourth-order valence-corrected chi connectivity index (χ4v) is 4.59. The predicted molar refractivity (Wildman–Crippen MR) is 163 cm³/mol. The van der Waals surface area contributed by atoms with Gasteiger partial charge in [0.2, 0.25) is 5.91 Å². The molecule has 4 N–H and O–H groups in total. The van der Waals surface area contributed by atoms with E-state index in [1.807, 2.05) is 42.5 Å². The quantitative estimate of drug-likeness (QED) is 0.183. The number of phenols is 1. The lowest BCUT2D eigenvalue weighted by Gasteiger charge is -2.20. The smallest absolute Gasteiger partial charge is 0.255 e. The van der Waals surface area contributed by atoms with Crippen LogP contribution in [0.3, 0.4) is 0 Å². The van der Waals surface area contributed by atoms with E-state index < -0.39 is 23.8 Å². The number of rotatable bonds is 9. The van der Waals surface area contributed by atoms with Gasteiger partial charge in [0.1, 0.15) is 17.5 Å². The number of carbonyl (C=O) groups is 3. The molecule has 0 bridgehead atoms. The Morgan fingerprint density at radius 3 is 2.14 bits per heavy atom. The Labute approximate surface area is 243 Å². The number of anilines is 2. The molecule has 0 saturated heterocycles. The summed E-state index contributed by atoms with van der Waals surface area (Å²) in [6, 6.07) is 32.0. The molecule has 5 rings (SSSR count). The number of aromatic hydroxyl groups is 1. The van der Waals surface area contributed by atoms with Gasteiger partial charge < -0.3 is 25.8 Å². The minimum atomic E-state index is -0.966. The number of para-hydroxylation sites is 1. The highest BCUT2D eigenvalue weighted by atomic mass is 16.5. The molecule has 0 radical (unpaired) electrons. The first-order chi connectivity index (χ1) is 20.4. The van der Waals surface area contributed by atoms with Crippen LogP contribution in [0.4, 0.5) is 11.4 Å². The van der Waals surface area contributed by atoms with E-state index in [4.69, 9.17) is 4.74 Å². The topological polar surface area (TPSA) is 117 Å². The average molecular weight is 560 g/mol. The summed E-state index contributed by atoms with van der Waals surface area (Å²) in [5.74, 6) is -0.619. The van der Waals surface area contributed by atoms with Crippen molar-refractivity contribution < 1.29 is 24.2 Å². The molecule has 0 aliphatic carbocycles. The predicted octanol–water partition coefficient (Wildman–Crippen LogP) is 5.79. The van der Waals surface area contributed by atoms with Crippen molar-refractivity contribution in [3.63, 3.8) is 0 Å². The number of hydrogen-bond acceptors (Lipinski definition) is 5. The van der Waals surface area contributed by atoms with Crippen LogP contribution in [0.25, 0.3) is 10.8 Å². The molecule has 3 amide bonds. The van der Waals surface area contributed by atoms with Crippen molar-refractivity contribution in [3.8, 4) is 11.5 Å². The Hall–Kier alpha value is -5.63. The normalized spacial score (nSPS) is 11.4. The van der Waals surface area contributed by atoms with Crippen LogP contribution in [-0.4, -0.2) is 36.0 Å².